The lowest BCUT2D eigenvalue weighted by Crippen LogP contribution is -2.49. The lowest BCUT2D eigenvalue weighted by atomic mass is 10.1. The van der Waals surface area contributed by atoms with Crippen LogP contribution in [0.3, 0.4) is 0 Å². The van der Waals surface area contributed by atoms with Crippen LogP contribution in [0.2, 0.25) is 0 Å². The Bertz CT molecular complexity index is 793. The van der Waals surface area contributed by atoms with Crippen LogP contribution < -0.4 is 4.90 Å². The Hall–Kier alpha value is -2.90. The highest BCUT2D eigenvalue weighted by atomic mass is 16.6. The molecule has 25 heavy (non-hydrogen) atoms. The molecule has 1 aliphatic rings. The Morgan fingerprint density at radius 1 is 1.28 bits per heavy atom. The highest BCUT2D eigenvalue weighted by Gasteiger charge is 2.26. The summed E-state index contributed by atoms with van der Waals surface area (Å²) in [6, 6.07) is 4.64. The molecule has 1 saturated heterocycles. The summed E-state index contributed by atoms with van der Waals surface area (Å²) >= 11 is 0. The van der Waals surface area contributed by atoms with Crippen molar-refractivity contribution in [2.75, 3.05) is 31.1 Å². The zero-order valence-electron chi connectivity index (χ0n) is 14.4. The Morgan fingerprint density at radius 3 is 2.64 bits per heavy atom. The van der Waals surface area contributed by atoms with Crippen LogP contribution in [-0.4, -0.2) is 51.5 Å². The number of hydrogen-bond acceptors (Lipinski definition) is 5. The molecule has 1 aliphatic heterocycles. The number of anilines is 1. The van der Waals surface area contributed by atoms with Gasteiger partial charge in [0, 0.05) is 62.3 Å². The quantitative estimate of drug-likeness (QED) is 0.627. The van der Waals surface area contributed by atoms with Crippen LogP contribution in [0.5, 0.6) is 0 Å². The van der Waals surface area contributed by atoms with Gasteiger partial charge in [0.15, 0.2) is 0 Å². The minimum absolute atomic E-state index is 0.0190. The summed E-state index contributed by atoms with van der Waals surface area (Å²) in [5.41, 5.74) is 0.800. The van der Waals surface area contributed by atoms with Crippen LogP contribution in [0.4, 0.5) is 11.6 Å². The zero-order valence-corrected chi connectivity index (χ0v) is 14.4. The summed E-state index contributed by atoms with van der Waals surface area (Å²) in [5, 5.41) is 11.1. The smallest absolute Gasteiger partial charge is 0.273 e. The molecule has 2 heterocycles. The summed E-state index contributed by atoms with van der Waals surface area (Å²) in [5.74, 6) is 0.765. The van der Waals surface area contributed by atoms with Crippen molar-refractivity contribution in [1.82, 2.24) is 14.5 Å². The van der Waals surface area contributed by atoms with Crippen LogP contribution in [-0.2, 0) is 6.54 Å². The predicted octanol–water partition coefficient (Wildman–Crippen LogP) is 2.08. The third kappa shape index (κ3) is 3.19. The maximum atomic E-state index is 12.8. The van der Waals surface area contributed by atoms with Gasteiger partial charge in [-0.3, -0.25) is 14.9 Å². The monoisotopic (exact) mass is 343 g/mol. The van der Waals surface area contributed by atoms with Crippen molar-refractivity contribution in [3.63, 3.8) is 0 Å². The average Bonchev–Trinajstić information content (AvgIpc) is 3.10. The summed E-state index contributed by atoms with van der Waals surface area (Å²) in [4.78, 5) is 31.7. The minimum atomic E-state index is -0.450. The van der Waals surface area contributed by atoms with Crippen molar-refractivity contribution < 1.29 is 9.72 Å². The maximum absolute atomic E-state index is 12.8. The van der Waals surface area contributed by atoms with Crippen LogP contribution in [0.25, 0.3) is 0 Å². The van der Waals surface area contributed by atoms with Gasteiger partial charge in [0.25, 0.3) is 11.6 Å². The first kappa shape index (κ1) is 16.9. The Morgan fingerprint density at radius 2 is 2.00 bits per heavy atom. The molecule has 1 fully saturated rings. The van der Waals surface area contributed by atoms with E-state index in [4.69, 9.17) is 0 Å². The normalized spacial score (nSPS) is 14.6. The van der Waals surface area contributed by atoms with Gasteiger partial charge < -0.3 is 14.4 Å². The van der Waals surface area contributed by atoms with Gasteiger partial charge in [-0.15, -0.1) is 0 Å². The molecule has 1 amide bonds. The summed E-state index contributed by atoms with van der Waals surface area (Å²) in [6.45, 7) is 7.06. The molecule has 1 aromatic carbocycles. The molecule has 2 aromatic rings. The number of rotatable bonds is 4. The van der Waals surface area contributed by atoms with Gasteiger partial charge in [-0.25, -0.2) is 4.98 Å². The van der Waals surface area contributed by atoms with E-state index in [0.717, 1.165) is 12.5 Å². The van der Waals surface area contributed by atoms with E-state index >= 15 is 0 Å². The Labute approximate surface area is 145 Å². The van der Waals surface area contributed by atoms with E-state index in [1.165, 1.54) is 6.07 Å². The lowest BCUT2D eigenvalue weighted by Gasteiger charge is -2.35. The van der Waals surface area contributed by atoms with E-state index in [2.05, 4.69) is 21.4 Å². The van der Waals surface area contributed by atoms with E-state index in [9.17, 15) is 14.9 Å². The molecule has 1 aromatic heterocycles. The number of nitro benzene ring substituents is 1. The van der Waals surface area contributed by atoms with Crippen molar-refractivity contribution in [2.45, 2.75) is 20.4 Å². The van der Waals surface area contributed by atoms with Gasteiger partial charge in [0.1, 0.15) is 0 Å². The van der Waals surface area contributed by atoms with Crippen molar-refractivity contribution in [2.24, 2.45) is 0 Å². The van der Waals surface area contributed by atoms with Crippen LogP contribution >= 0.6 is 0 Å². The molecular weight excluding hydrogens is 322 g/mol. The molecular formula is C17H21N5O3. The molecule has 132 valence electrons. The molecule has 0 bridgehead atoms. The van der Waals surface area contributed by atoms with Gasteiger partial charge >= 0.3 is 0 Å². The number of nitro groups is 1. The first-order valence-corrected chi connectivity index (χ1v) is 8.32. The van der Waals surface area contributed by atoms with E-state index in [1.807, 2.05) is 6.20 Å². The number of hydrogen-bond donors (Lipinski definition) is 0. The predicted molar refractivity (Wildman–Crippen MR) is 93.9 cm³/mol. The highest BCUT2D eigenvalue weighted by Crippen LogP contribution is 2.23. The van der Waals surface area contributed by atoms with Gasteiger partial charge in [0.05, 0.1) is 4.92 Å². The molecule has 0 N–H and O–H groups in total. The first-order valence-electron chi connectivity index (χ1n) is 8.32. The topological polar surface area (TPSA) is 84.5 Å². The van der Waals surface area contributed by atoms with Gasteiger partial charge in [-0.2, -0.15) is 0 Å². The van der Waals surface area contributed by atoms with E-state index < -0.39 is 4.92 Å². The van der Waals surface area contributed by atoms with Crippen LogP contribution in [0.15, 0.2) is 30.6 Å². The third-order valence-electron chi connectivity index (χ3n) is 4.62. The number of imidazole rings is 1. The summed E-state index contributed by atoms with van der Waals surface area (Å²) in [7, 11) is 0. The molecule has 8 heteroatoms. The van der Waals surface area contributed by atoms with Crippen molar-refractivity contribution in [1.29, 1.82) is 0 Å². The number of aromatic nitrogens is 2. The van der Waals surface area contributed by atoms with Crippen molar-refractivity contribution >= 4 is 17.5 Å². The fourth-order valence-corrected chi connectivity index (χ4v) is 3.16. The van der Waals surface area contributed by atoms with Crippen LogP contribution in [0.1, 0.15) is 22.8 Å². The van der Waals surface area contributed by atoms with Crippen LogP contribution in [0, 0.1) is 17.0 Å². The number of piperazine rings is 1. The number of benzene rings is 1. The molecule has 0 atom stereocenters. The molecule has 0 radical (unpaired) electrons. The van der Waals surface area contributed by atoms with Crippen molar-refractivity contribution in [3.8, 4) is 0 Å². The van der Waals surface area contributed by atoms with Gasteiger partial charge in [-0.05, 0) is 19.9 Å². The number of carbonyl (C=O) groups excluding carboxylic acids is 1. The lowest BCUT2D eigenvalue weighted by molar-refractivity contribution is -0.385. The number of aryl methyl sites for hydroxylation is 1. The van der Waals surface area contributed by atoms with Crippen molar-refractivity contribution in [3.05, 3.63) is 51.8 Å². The molecule has 3 rings (SSSR count). The largest absolute Gasteiger partial charge is 0.339 e. The molecule has 0 spiro atoms. The van der Waals surface area contributed by atoms with Gasteiger partial charge in [0.2, 0.25) is 5.95 Å². The summed E-state index contributed by atoms with van der Waals surface area (Å²) < 4.78 is 2.07. The fraction of sp³-hybridized carbons (Fsp3) is 0.412. The molecule has 0 aliphatic carbocycles. The third-order valence-corrected chi connectivity index (χ3v) is 4.62. The molecule has 8 nitrogen and oxygen atoms in total. The molecule has 0 unspecified atom stereocenters. The second-order valence-electron chi connectivity index (χ2n) is 6.00. The number of nitrogens with zero attached hydrogens (tertiary/aromatic N) is 5. The average molecular weight is 343 g/mol. The van der Waals surface area contributed by atoms with E-state index in [0.29, 0.717) is 37.3 Å². The van der Waals surface area contributed by atoms with Gasteiger partial charge in [-0.1, -0.05) is 6.07 Å². The van der Waals surface area contributed by atoms with E-state index in [-0.39, 0.29) is 11.6 Å². The Balaban J connectivity index is 1.72. The number of amides is 1. The number of carbonyl (C=O) groups is 1. The highest BCUT2D eigenvalue weighted by molar-refractivity contribution is 5.96. The second-order valence-corrected chi connectivity index (χ2v) is 6.00. The maximum Gasteiger partial charge on any atom is 0.273 e. The van der Waals surface area contributed by atoms with E-state index in [1.54, 1.807) is 30.2 Å². The molecule has 0 saturated carbocycles. The first-order chi connectivity index (χ1) is 12.0. The fourth-order valence-electron chi connectivity index (χ4n) is 3.16. The zero-order chi connectivity index (χ0) is 18.0. The minimum Gasteiger partial charge on any atom is -0.339 e. The Kier molecular flexibility index (Phi) is 4.69. The standard InChI is InChI=1S/C17H21N5O3/c1-3-19-8-7-18-17(19)21-11-9-20(10-12-21)16(23)14-5-4-6-15(13(14)2)22(24)25/h4-8H,3,9-12H2,1-2H3. The SMILES string of the molecule is CCn1ccnc1N1CCN(C(=O)c2cccc([N+](=O)[O-])c2C)CC1. The summed E-state index contributed by atoms with van der Waals surface area (Å²) in [6.07, 6.45) is 3.72. The second kappa shape index (κ2) is 6.92.